The second-order valence-electron chi connectivity index (χ2n) is 7.50. The Bertz CT molecular complexity index is 1020. The number of hydrogen-bond donors (Lipinski definition) is 3. The highest BCUT2D eigenvalue weighted by Gasteiger charge is 2.19. The van der Waals surface area contributed by atoms with Gasteiger partial charge < -0.3 is 10.6 Å². The summed E-state index contributed by atoms with van der Waals surface area (Å²) in [6.07, 6.45) is 5.30. The summed E-state index contributed by atoms with van der Waals surface area (Å²) in [5, 5.41) is 5.77. The number of carbonyl (C=O) groups excluding carboxylic acids is 2. The Labute approximate surface area is 191 Å². The summed E-state index contributed by atoms with van der Waals surface area (Å²) in [6.45, 7) is -0.0549. The van der Waals surface area contributed by atoms with Crippen molar-refractivity contribution in [3.05, 3.63) is 58.6 Å². The predicted molar refractivity (Wildman–Crippen MR) is 123 cm³/mol. The minimum Gasteiger partial charge on any atom is -0.349 e. The van der Waals surface area contributed by atoms with Crippen molar-refractivity contribution in [1.29, 1.82) is 0 Å². The molecule has 2 aromatic rings. The molecule has 2 amide bonds. The zero-order chi connectivity index (χ0) is 22.3. The summed E-state index contributed by atoms with van der Waals surface area (Å²) < 4.78 is 27.8. The van der Waals surface area contributed by atoms with E-state index in [9.17, 15) is 18.0 Å². The maximum Gasteiger partial charge on any atom is 0.253 e. The monoisotopic (exact) mass is 507 g/mol. The molecule has 0 radical (unpaired) electrons. The van der Waals surface area contributed by atoms with E-state index in [4.69, 9.17) is 0 Å². The summed E-state index contributed by atoms with van der Waals surface area (Å²) in [5.41, 5.74) is 0.813. The number of nitrogens with one attached hydrogen (secondary N) is 3. The van der Waals surface area contributed by atoms with Gasteiger partial charge >= 0.3 is 0 Å². The lowest BCUT2D eigenvalue weighted by atomic mass is 9.95. The minimum atomic E-state index is -3.70. The third-order valence-corrected chi connectivity index (χ3v) is 7.16. The highest BCUT2D eigenvalue weighted by Crippen LogP contribution is 2.20. The van der Waals surface area contributed by atoms with E-state index < -0.39 is 10.0 Å². The van der Waals surface area contributed by atoms with Gasteiger partial charge in [0, 0.05) is 23.5 Å². The topological polar surface area (TPSA) is 104 Å². The van der Waals surface area contributed by atoms with E-state index >= 15 is 0 Å². The van der Waals surface area contributed by atoms with Crippen LogP contribution in [0.2, 0.25) is 0 Å². The quantitative estimate of drug-likeness (QED) is 0.504. The van der Waals surface area contributed by atoms with Crippen molar-refractivity contribution in [1.82, 2.24) is 10.0 Å². The van der Waals surface area contributed by atoms with Crippen LogP contribution < -0.4 is 15.4 Å². The SMILES string of the molecule is O=C(CCNS(=O)(=O)c1ccc(Br)cc1)Nc1ccccc1C(=O)NC1CCCCC1. The lowest BCUT2D eigenvalue weighted by Gasteiger charge is -2.23. The molecule has 1 aliphatic rings. The molecule has 0 spiro atoms. The van der Waals surface area contributed by atoms with Crippen LogP contribution in [0.25, 0.3) is 0 Å². The molecule has 1 saturated carbocycles. The lowest BCUT2D eigenvalue weighted by Crippen LogP contribution is -2.36. The largest absolute Gasteiger partial charge is 0.349 e. The zero-order valence-corrected chi connectivity index (χ0v) is 19.5. The van der Waals surface area contributed by atoms with Gasteiger partial charge in [0.1, 0.15) is 0 Å². The van der Waals surface area contributed by atoms with Crippen LogP contribution >= 0.6 is 15.9 Å². The van der Waals surface area contributed by atoms with Gasteiger partial charge in [0.25, 0.3) is 5.91 Å². The van der Waals surface area contributed by atoms with Gasteiger partial charge in [-0.3, -0.25) is 9.59 Å². The van der Waals surface area contributed by atoms with E-state index in [2.05, 4.69) is 31.3 Å². The van der Waals surface area contributed by atoms with Crippen molar-refractivity contribution >= 4 is 43.5 Å². The van der Waals surface area contributed by atoms with Gasteiger partial charge in [-0.15, -0.1) is 0 Å². The van der Waals surface area contributed by atoms with Gasteiger partial charge in [0.2, 0.25) is 15.9 Å². The molecule has 0 bridgehead atoms. The standard InChI is InChI=1S/C22H26BrN3O4S/c23-16-10-12-18(13-11-16)31(29,30)24-15-14-21(27)26-20-9-5-4-8-19(20)22(28)25-17-6-2-1-3-7-17/h4-5,8-13,17,24H,1-3,6-7,14-15H2,(H,25,28)(H,26,27). The second-order valence-corrected chi connectivity index (χ2v) is 10.2. The molecule has 1 fully saturated rings. The number of benzene rings is 2. The fraction of sp³-hybridized carbons (Fsp3) is 0.364. The Balaban J connectivity index is 1.54. The fourth-order valence-electron chi connectivity index (χ4n) is 3.51. The average Bonchev–Trinajstić information content (AvgIpc) is 2.75. The number of hydrogen-bond acceptors (Lipinski definition) is 4. The van der Waals surface area contributed by atoms with E-state index in [1.165, 1.54) is 18.6 Å². The summed E-state index contributed by atoms with van der Waals surface area (Å²) >= 11 is 3.26. The number of carbonyl (C=O) groups is 2. The number of rotatable bonds is 8. The van der Waals surface area contributed by atoms with Crippen molar-refractivity contribution in [2.45, 2.75) is 49.5 Å². The summed E-state index contributed by atoms with van der Waals surface area (Å²) in [4.78, 5) is 25.2. The molecule has 3 N–H and O–H groups in total. The summed E-state index contributed by atoms with van der Waals surface area (Å²) in [7, 11) is -3.70. The Morgan fingerprint density at radius 3 is 2.35 bits per heavy atom. The second kappa shape index (κ2) is 10.9. The molecule has 9 heteroatoms. The molecule has 0 saturated heterocycles. The molecule has 1 aliphatic carbocycles. The van der Waals surface area contributed by atoms with Crippen LogP contribution in [-0.4, -0.2) is 32.8 Å². The predicted octanol–water partition coefficient (Wildman–Crippen LogP) is 3.82. The summed E-state index contributed by atoms with van der Waals surface area (Å²) in [5.74, 6) is -0.588. The molecule has 166 valence electrons. The van der Waals surface area contributed by atoms with Gasteiger partial charge in [-0.25, -0.2) is 13.1 Å². The van der Waals surface area contributed by atoms with Crippen LogP contribution in [0.15, 0.2) is 57.9 Å². The van der Waals surface area contributed by atoms with Gasteiger partial charge in [-0.1, -0.05) is 47.3 Å². The maximum absolute atomic E-state index is 12.7. The van der Waals surface area contributed by atoms with Gasteiger partial charge in [-0.05, 0) is 49.2 Å². The van der Waals surface area contributed by atoms with Crippen molar-refractivity contribution in [3.8, 4) is 0 Å². The average molecular weight is 508 g/mol. The number of halogens is 1. The first kappa shape index (κ1) is 23.4. The Hall–Kier alpha value is -2.23. The zero-order valence-electron chi connectivity index (χ0n) is 17.1. The molecule has 0 aromatic heterocycles. The maximum atomic E-state index is 12.7. The third kappa shape index (κ3) is 6.88. The van der Waals surface area contributed by atoms with Gasteiger partial charge in [0.05, 0.1) is 16.1 Å². The van der Waals surface area contributed by atoms with E-state index in [0.29, 0.717) is 11.3 Å². The van der Waals surface area contributed by atoms with Gasteiger partial charge in [0.15, 0.2) is 0 Å². The normalized spacial score (nSPS) is 14.7. The number of anilines is 1. The van der Waals surface area contributed by atoms with Crippen molar-refractivity contribution in [2.24, 2.45) is 0 Å². The molecule has 31 heavy (non-hydrogen) atoms. The smallest absolute Gasteiger partial charge is 0.253 e. The molecule has 3 rings (SSSR count). The third-order valence-electron chi connectivity index (χ3n) is 5.15. The number of sulfonamides is 1. The molecule has 0 aliphatic heterocycles. The van der Waals surface area contributed by atoms with Crippen LogP contribution in [0.5, 0.6) is 0 Å². The fourth-order valence-corrected chi connectivity index (χ4v) is 4.81. The Morgan fingerprint density at radius 1 is 0.968 bits per heavy atom. The van der Waals surface area contributed by atoms with Crippen LogP contribution in [-0.2, 0) is 14.8 Å². The molecular weight excluding hydrogens is 482 g/mol. The van der Waals surface area contributed by atoms with E-state index in [1.54, 1.807) is 36.4 Å². The molecule has 0 heterocycles. The minimum absolute atomic E-state index is 0.0549. The van der Waals surface area contributed by atoms with Crippen LogP contribution in [0.1, 0.15) is 48.9 Å². The van der Waals surface area contributed by atoms with Crippen LogP contribution in [0.4, 0.5) is 5.69 Å². The molecular formula is C22H26BrN3O4S. The lowest BCUT2D eigenvalue weighted by molar-refractivity contribution is -0.116. The van der Waals surface area contributed by atoms with E-state index in [-0.39, 0.29) is 35.7 Å². The first-order valence-electron chi connectivity index (χ1n) is 10.3. The Kier molecular flexibility index (Phi) is 8.22. The van der Waals surface area contributed by atoms with Crippen molar-refractivity contribution < 1.29 is 18.0 Å². The highest BCUT2D eigenvalue weighted by atomic mass is 79.9. The molecule has 2 aromatic carbocycles. The van der Waals surface area contributed by atoms with Gasteiger partial charge in [-0.2, -0.15) is 0 Å². The Morgan fingerprint density at radius 2 is 1.65 bits per heavy atom. The first-order valence-corrected chi connectivity index (χ1v) is 12.6. The van der Waals surface area contributed by atoms with Crippen molar-refractivity contribution in [3.63, 3.8) is 0 Å². The van der Waals surface area contributed by atoms with Crippen LogP contribution in [0, 0.1) is 0 Å². The highest BCUT2D eigenvalue weighted by molar-refractivity contribution is 9.10. The molecule has 7 nitrogen and oxygen atoms in total. The van der Waals surface area contributed by atoms with E-state index in [0.717, 1.165) is 30.2 Å². The van der Waals surface area contributed by atoms with Crippen molar-refractivity contribution in [2.75, 3.05) is 11.9 Å². The number of amides is 2. The first-order chi connectivity index (χ1) is 14.8. The van der Waals surface area contributed by atoms with E-state index in [1.807, 2.05) is 0 Å². The molecule has 0 atom stereocenters. The number of para-hydroxylation sites is 1. The summed E-state index contributed by atoms with van der Waals surface area (Å²) in [6, 6.07) is 13.2. The molecule has 0 unspecified atom stereocenters. The van der Waals surface area contributed by atoms with Crippen LogP contribution in [0.3, 0.4) is 0 Å².